The lowest BCUT2D eigenvalue weighted by molar-refractivity contribution is -0.126. The summed E-state index contributed by atoms with van der Waals surface area (Å²) in [5.74, 6) is -1.68. The molecule has 2 saturated carbocycles. The number of nitrogens with zero attached hydrogens (tertiary/aromatic N) is 1. The molecule has 5 nitrogen and oxygen atoms in total. The monoisotopic (exact) mass is 427 g/mol. The van der Waals surface area contributed by atoms with Crippen molar-refractivity contribution in [2.24, 2.45) is 17.6 Å². The van der Waals surface area contributed by atoms with Gasteiger partial charge in [-0.2, -0.15) is 0 Å². The molecule has 8 heteroatoms. The minimum Gasteiger partial charge on any atom is -0.350 e. The fourth-order valence-corrected chi connectivity index (χ4v) is 4.93. The number of fused-ring (bicyclic) bond motifs is 1. The highest BCUT2D eigenvalue weighted by Crippen LogP contribution is 2.41. The Bertz CT molecular complexity index is 774. The van der Waals surface area contributed by atoms with Gasteiger partial charge in [0.05, 0.1) is 5.56 Å². The van der Waals surface area contributed by atoms with E-state index >= 15 is 0 Å². The quantitative estimate of drug-likeness (QED) is 0.758. The number of halogens is 3. The number of hydrogen-bond donors (Lipinski definition) is 2. The van der Waals surface area contributed by atoms with Gasteiger partial charge in [-0.3, -0.25) is 9.59 Å². The second kappa shape index (κ2) is 8.96. The van der Waals surface area contributed by atoms with Crippen molar-refractivity contribution in [3.05, 3.63) is 35.4 Å². The predicted octanol–water partition coefficient (Wildman–Crippen LogP) is 3.01. The first-order valence-corrected chi connectivity index (χ1v) is 10.3. The number of hydrogen-bond acceptors (Lipinski definition) is 3. The summed E-state index contributed by atoms with van der Waals surface area (Å²) < 4.78 is 27.6. The molecule has 1 aromatic carbocycles. The van der Waals surface area contributed by atoms with E-state index in [9.17, 15) is 18.4 Å². The lowest BCUT2D eigenvalue weighted by Crippen LogP contribution is -2.53. The summed E-state index contributed by atoms with van der Waals surface area (Å²) in [6.07, 6.45) is 6.55. The summed E-state index contributed by atoms with van der Waals surface area (Å²) in [5, 5.41) is 3.03. The molecule has 2 aliphatic carbocycles. The first kappa shape index (κ1) is 22.0. The van der Waals surface area contributed by atoms with E-state index in [-0.39, 0.29) is 41.9 Å². The lowest BCUT2D eigenvalue weighted by Gasteiger charge is -2.34. The van der Waals surface area contributed by atoms with Gasteiger partial charge in [-0.05, 0) is 56.1 Å². The summed E-state index contributed by atoms with van der Waals surface area (Å²) in [6.45, 7) is 0.372. The standard InChI is InChI=1S/C21H27F2N3O2.ClH/c22-14-7-8-15(16(23)10-14)21(28)26-18-4-2-1-3-13(18)9-19(26)20(27)25-17(11-24)12-5-6-12;/h7-8,10,12-13,17-19H,1-6,9,11,24H2,(H,25,27);1H. The molecule has 0 bridgehead atoms. The summed E-state index contributed by atoms with van der Waals surface area (Å²) in [6, 6.07) is 2.20. The molecule has 0 aromatic heterocycles. The Morgan fingerprint density at radius 2 is 1.90 bits per heavy atom. The van der Waals surface area contributed by atoms with Crippen molar-refractivity contribution in [1.29, 1.82) is 0 Å². The molecule has 0 radical (unpaired) electrons. The highest BCUT2D eigenvalue weighted by Gasteiger charge is 2.48. The number of nitrogens with two attached hydrogens (primary N) is 1. The van der Waals surface area contributed by atoms with E-state index in [1.54, 1.807) is 4.90 Å². The normalized spacial score (nSPS) is 27.0. The Hall–Kier alpha value is -1.73. The zero-order chi connectivity index (χ0) is 19.8. The van der Waals surface area contributed by atoms with Gasteiger partial charge in [-0.1, -0.05) is 12.8 Å². The summed E-state index contributed by atoms with van der Waals surface area (Å²) in [5.41, 5.74) is 5.64. The maximum Gasteiger partial charge on any atom is 0.257 e. The van der Waals surface area contributed by atoms with E-state index in [0.29, 0.717) is 24.9 Å². The van der Waals surface area contributed by atoms with Crippen LogP contribution < -0.4 is 11.1 Å². The molecule has 1 aromatic rings. The van der Waals surface area contributed by atoms with Gasteiger partial charge < -0.3 is 16.0 Å². The van der Waals surface area contributed by atoms with Crippen molar-refractivity contribution < 1.29 is 18.4 Å². The Balaban J connectivity index is 0.00000240. The Labute approximate surface area is 175 Å². The fourth-order valence-electron chi connectivity index (χ4n) is 4.93. The van der Waals surface area contributed by atoms with E-state index < -0.39 is 23.6 Å². The largest absolute Gasteiger partial charge is 0.350 e. The number of likely N-dealkylation sites (tertiary alicyclic amines) is 1. The van der Waals surface area contributed by atoms with Crippen molar-refractivity contribution in [1.82, 2.24) is 10.2 Å². The lowest BCUT2D eigenvalue weighted by atomic mass is 9.84. The van der Waals surface area contributed by atoms with Crippen LogP contribution in [-0.2, 0) is 4.79 Å². The Morgan fingerprint density at radius 3 is 2.55 bits per heavy atom. The molecular formula is C21H28ClF2N3O2. The van der Waals surface area contributed by atoms with Gasteiger partial charge in [0, 0.05) is 24.7 Å². The van der Waals surface area contributed by atoms with E-state index in [1.807, 2.05) is 0 Å². The number of amides is 2. The molecule has 3 fully saturated rings. The molecule has 4 atom stereocenters. The highest BCUT2D eigenvalue weighted by atomic mass is 35.5. The molecule has 4 rings (SSSR count). The molecule has 0 spiro atoms. The first-order chi connectivity index (χ1) is 13.5. The maximum absolute atomic E-state index is 14.3. The highest BCUT2D eigenvalue weighted by molar-refractivity contribution is 5.98. The second-order valence-electron chi connectivity index (χ2n) is 8.39. The third kappa shape index (κ3) is 4.40. The van der Waals surface area contributed by atoms with Gasteiger partial charge in [-0.15, -0.1) is 12.4 Å². The van der Waals surface area contributed by atoms with E-state index in [0.717, 1.165) is 44.6 Å². The van der Waals surface area contributed by atoms with Gasteiger partial charge in [0.2, 0.25) is 5.91 Å². The molecule has 1 aliphatic heterocycles. The molecule has 1 saturated heterocycles. The molecule has 160 valence electrons. The first-order valence-electron chi connectivity index (χ1n) is 10.3. The van der Waals surface area contributed by atoms with Crippen molar-refractivity contribution in [3.63, 3.8) is 0 Å². The number of rotatable bonds is 5. The van der Waals surface area contributed by atoms with Crippen molar-refractivity contribution in [2.45, 2.75) is 63.1 Å². The van der Waals surface area contributed by atoms with Crippen molar-refractivity contribution >= 4 is 24.2 Å². The summed E-state index contributed by atoms with van der Waals surface area (Å²) in [4.78, 5) is 27.8. The van der Waals surface area contributed by atoms with Crippen LogP contribution in [0.3, 0.4) is 0 Å². The number of carbonyl (C=O) groups is 2. The zero-order valence-corrected chi connectivity index (χ0v) is 17.1. The van der Waals surface area contributed by atoms with E-state index in [4.69, 9.17) is 5.73 Å². The van der Waals surface area contributed by atoms with Gasteiger partial charge in [-0.25, -0.2) is 8.78 Å². The van der Waals surface area contributed by atoms with Gasteiger partial charge in [0.25, 0.3) is 5.91 Å². The van der Waals surface area contributed by atoms with Crippen LogP contribution in [0.15, 0.2) is 18.2 Å². The van der Waals surface area contributed by atoms with E-state index in [1.165, 1.54) is 6.07 Å². The molecular weight excluding hydrogens is 400 g/mol. The van der Waals surface area contributed by atoms with Crippen LogP contribution in [0, 0.1) is 23.5 Å². The van der Waals surface area contributed by atoms with Gasteiger partial charge in [0.15, 0.2) is 0 Å². The molecule has 4 unspecified atom stereocenters. The summed E-state index contributed by atoms with van der Waals surface area (Å²) in [7, 11) is 0. The fraction of sp³-hybridized carbons (Fsp3) is 0.619. The minimum atomic E-state index is -0.888. The van der Waals surface area contributed by atoms with Crippen molar-refractivity contribution in [2.75, 3.05) is 6.54 Å². The predicted molar refractivity (Wildman–Crippen MR) is 108 cm³/mol. The second-order valence-corrected chi connectivity index (χ2v) is 8.39. The molecule has 2 amide bonds. The van der Waals surface area contributed by atoms with Crippen molar-refractivity contribution in [3.8, 4) is 0 Å². The number of nitrogens with one attached hydrogen (secondary N) is 1. The number of carbonyl (C=O) groups excluding carboxylic acids is 2. The minimum absolute atomic E-state index is 0. The zero-order valence-electron chi connectivity index (χ0n) is 16.3. The average Bonchev–Trinajstić information content (AvgIpc) is 3.44. The van der Waals surface area contributed by atoms with Crippen LogP contribution >= 0.6 is 12.4 Å². The third-order valence-electron chi connectivity index (χ3n) is 6.56. The Kier molecular flexibility index (Phi) is 6.79. The number of benzene rings is 1. The SMILES string of the molecule is Cl.NCC(NC(=O)C1CC2CCCCC2N1C(=O)c1ccc(F)cc1F)C1CC1. The van der Waals surface area contributed by atoms with Gasteiger partial charge in [0.1, 0.15) is 17.7 Å². The topological polar surface area (TPSA) is 75.4 Å². The van der Waals surface area contributed by atoms with Crippen LogP contribution in [0.4, 0.5) is 8.78 Å². The average molecular weight is 428 g/mol. The van der Waals surface area contributed by atoms with E-state index in [2.05, 4.69) is 5.32 Å². The van der Waals surface area contributed by atoms with Crippen LogP contribution in [-0.4, -0.2) is 41.4 Å². The smallest absolute Gasteiger partial charge is 0.257 e. The van der Waals surface area contributed by atoms with Crippen LogP contribution in [0.2, 0.25) is 0 Å². The van der Waals surface area contributed by atoms with Crippen LogP contribution in [0.1, 0.15) is 55.3 Å². The maximum atomic E-state index is 14.3. The summed E-state index contributed by atoms with van der Waals surface area (Å²) >= 11 is 0. The molecule has 3 N–H and O–H groups in total. The van der Waals surface area contributed by atoms with Crippen LogP contribution in [0.5, 0.6) is 0 Å². The third-order valence-corrected chi connectivity index (χ3v) is 6.56. The molecule has 3 aliphatic rings. The molecule has 29 heavy (non-hydrogen) atoms. The Morgan fingerprint density at radius 1 is 1.17 bits per heavy atom. The van der Waals surface area contributed by atoms with Crippen LogP contribution in [0.25, 0.3) is 0 Å². The molecule has 1 heterocycles. The van der Waals surface area contributed by atoms with Gasteiger partial charge >= 0.3 is 0 Å².